The van der Waals surface area contributed by atoms with Crippen molar-refractivity contribution in [2.24, 2.45) is 0 Å². The van der Waals surface area contributed by atoms with Gasteiger partial charge in [0.15, 0.2) is 5.82 Å². The van der Waals surface area contributed by atoms with Crippen molar-refractivity contribution in [3.05, 3.63) is 83.0 Å². The number of fused-ring (bicyclic) bond motifs is 1. The lowest BCUT2D eigenvalue weighted by molar-refractivity contribution is -0.136. The molecule has 0 radical (unpaired) electrons. The number of carbonyl (C=O) groups excluding carboxylic acids is 3. The van der Waals surface area contributed by atoms with Gasteiger partial charge in [0.25, 0.3) is 5.91 Å². The first-order valence-corrected chi connectivity index (χ1v) is 23.8. The number of imide groups is 1. The second-order valence-electron chi connectivity index (χ2n) is 16.0. The number of carbonyl (C=O) groups is 3. The zero-order chi connectivity index (χ0) is 42.2. The molecule has 3 aliphatic rings. The maximum absolute atomic E-state index is 13.1. The van der Waals surface area contributed by atoms with Gasteiger partial charge in [-0.3, -0.25) is 19.7 Å². The van der Waals surface area contributed by atoms with E-state index in [1.54, 1.807) is 25.3 Å². The van der Waals surface area contributed by atoms with Crippen molar-refractivity contribution in [2.45, 2.75) is 76.4 Å². The van der Waals surface area contributed by atoms with E-state index < -0.39 is 13.2 Å². The van der Waals surface area contributed by atoms with Crippen molar-refractivity contribution in [2.75, 3.05) is 67.5 Å². The zero-order valence-electron chi connectivity index (χ0n) is 34.6. The van der Waals surface area contributed by atoms with E-state index in [4.69, 9.17) is 16.3 Å². The van der Waals surface area contributed by atoms with Gasteiger partial charge < -0.3 is 40.4 Å². The molecule has 1 unspecified atom stereocenters. The van der Waals surface area contributed by atoms with E-state index in [0.29, 0.717) is 52.8 Å². The average molecular weight is 856 g/mol. The Balaban J connectivity index is 0.797. The van der Waals surface area contributed by atoms with Crippen molar-refractivity contribution in [3.63, 3.8) is 0 Å². The van der Waals surface area contributed by atoms with Crippen molar-refractivity contribution in [3.8, 4) is 5.75 Å². The molecule has 0 aliphatic carbocycles. The number of hydrogen-bond acceptors (Lipinski definition) is 12. The Morgan fingerprint density at radius 3 is 2.40 bits per heavy atom. The molecule has 14 nitrogen and oxygen atoms in total. The highest BCUT2D eigenvalue weighted by atomic mass is 35.5. The fourth-order valence-corrected chi connectivity index (χ4v) is 9.49. The van der Waals surface area contributed by atoms with Crippen molar-refractivity contribution < 1.29 is 23.7 Å². The van der Waals surface area contributed by atoms with Crippen LogP contribution in [0.5, 0.6) is 5.75 Å². The summed E-state index contributed by atoms with van der Waals surface area (Å²) in [5, 5.41) is 17.3. The van der Waals surface area contributed by atoms with E-state index in [0.717, 1.165) is 86.2 Å². The van der Waals surface area contributed by atoms with Crippen LogP contribution in [0.2, 0.25) is 5.02 Å². The van der Waals surface area contributed by atoms with Crippen LogP contribution in [-0.4, -0.2) is 91.3 Å². The van der Waals surface area contributed by atoms with Gasteiger partial charge in [0.1, 0.15) is 24.0 Å². The van der Waals surface area contributed by atoms with E-state index in [1.807, 2.05) is 54.6 Å². The highest BCUT2D eigenvalue weighted by molar-refractivity contribution is 7.70. The van der Waals surface area contributed by atoms with E-state index >= 15 is 0 Å². The predicted octanol–water partition coefficient (Wildman–Crippen LogP) is 7.26. The number of benzene rings is 3. The number of anilines is 6. The van der Waals surface area contributed by atoms with Gasteiger partial charge in [-0.15, -0.1) is 0 Å². The minimum absolute atomic E-state index is 0.148. The van der Waals surface area contributed by atoms with Crippen LogP contribution < -0.4 is 41.5 Å². The number of hydrogen-bond donors (Lipinski definition) is 5. The molecular formula is C44H55ClN9O5P. The summed E-state index contributed by atoms with van der Waals surface area (Å²) in [6.07, 6.45) is 9.93. The Hall–Kier alpha value is -5.17. The Labute approximate surface area is 357 Å². The molecule has 4 aromatic rings. The smallest absolute Gasteiger partial charge is 0.255 e. The monoisotopic (exact) mass is 855 g/mol. The summed E-state index contributed by atoms with van der Waals surface area (Å²) in [5.41, 5.74) is 5.02. The second kappa shape index (κ2) is 19.5. The standard InChI is InChI=1S/C44H55ClN9O5P/c1-59-38-26-30(16-17-35(38)50-44-48-27-33(45)41(52-44)49-36-13-7-8-15-39(36)60(2,3)58)53-24-20-29(21-25-53)46-22-9-5-4-6-10-23-47-34-14-11-12-31-32(34)28-54(43(31)57)37-18-19-40(55)51-42(37)56/h7-8,11-17,26-27,29,37,46-47H,4-6,9-10,18-25,28H2,1-3H3,(H,51,55,56)(H2,48,49,50,52). The van der Waals surface area contributed by atoms with Crippen LogP contribution in [0, 0.1) is 0 Å². The minimum atomic E-state index is -2.54. The summed E-state index contributed by atoms with van der Waals surface area (Å²) in [6, 6.07) is 19.1. The lowest BCUT2D eigenvalue weighted by Crippen LogP contribution is -2.52. The number of halogens is 1. The normalized spacial score (nSPS) is 17.1. The van der Waals surface area contributed by atoms with Gasteiger partial charge in [-0.2, -0.15) is 4.98 Å². The van der Waals surface area contributed by atoms with Gasteiger partial charge in [-0.1, -0.05) is 49.1 Å². The fraction of sp³-hybridized carbons (Fsp3) is 0.432. The third-order valence-corrected chi connectivity index (χ3v) is 13.3. The number of rotatable bonds is 18. The summed E-state index contributed by atoms with van der Waals surface area (Å²) in [7, 11) is -0.890. The summed E-state index contributed by atoms with van der Waals surface area (Å²) in [5.74, 6) is 0.612. The quantitative estimate of drug-likeness (QED) is 0.0387. The largest absolute Gasteiger partial charge is 0.494 e. The molecule has 16 heteroatoms. The Kier molecular flexibility index (Phi) is 13.9. The van der Waals surface area contributed by atoms with E-state index in [1.165, 1.54) is 19.0 Å². The van der Waals surface area contributed by atoms with Crippen LogP contribution in [-0.2, 0) is 20.7 Å². The number of nitrogens with zero attached hydrogens (tertiary/aromatic N) is 4. The molecule has 1 atom stereocenters. The van der Waals surface area contributed by atoms with E-state index in [2.05, 4.69) is 47.5 Å². The van der Waals surface area contributed by atoms with Crippen LogP contribution >= 0.6 is 18.7 Å². The molecule has 0 bridgehead atoms. The molecule has 318 valence electrons. The third kappa shape index (κ3) is 10.4. The SMILES string of the molecule is COc1cc(N2CCC(NCCCCCCCNc3cccc4c3CN(C3CCC(=O)NC3=O)C4=O)CC2)ccc1Nc1ncc(Cl)c(Nc2ccccc2P(C)(C)=O)n1. The van der Waals surface area contributed by atoms with Gasteiger partial charge in [0, 0.05) is 72.5 Å². The molecule has 60 heavy (non-hydrogen) atoms. The van der Waals surface area contributed by atoms with E-state index in [9.17, 15) is 18.9 Å². The number of unbranched alkanes of at least 4 members (excludes halogenated alkanes) is 4. The first kappa shape index (κ1) is 42.9. The van der Waals surface area contributed by atoms with Gasteiger partial charge in [0.05, 0.1) is 24.7 Å². The Bertz CT molecular complexity index is 2250. The molecular weight excluding hydrogens is 801 g/mol. The Morgan fingerprint density at radius 1 is 0.883 bits per heavy atom. The predicted molar refractivity (Wildman–Crippen MR) is 239 cm³/mol. The molecule has 3 aromatic carbocycles. The molecule has 0 spiro atoms. The molecule has 3 aliphatic heterocycles. The number of methoxy groups -OCH3 is 1. The molecule has 2 saturated heterocycles. The van der Waals surface area contributed by atoms with Crippen molar-refractivity contribution in [1.29, 1.82) is 0 Å². The maximum atomic E-state index is 13.1. The Morgan fingerprint density at radius 2 is 1.63 bits per heavy atom. The van der Waals surface area contributed by atoms with Crippen LogP contribution in [0.3, 0.4) is 0 Å². The van der Waals surface area contributed by atoms with Gasteiger partial charge >= 0.3 is 0 Å². The summed E-state index contributed by atoms with van der Waals surface area (Å²) >= 11 is 6.47. The number of nitrogens with one attached hydrogen (secondary N) is 5. The molecule has 3 amide bonds. The van der Waals surface area contributed by atoms with Gasteiger partial charge in [0.2, 0.25) is 17.8 Å². The van der Waals surface area contributed by atoms with Crippen LogP contribution in [0.4, 0.5) is 34.5 Å². The maximum Gasteiger partial charge on any atom is 0.255 e. The first-order valence-electron chi connectivity index (χ1n) is 20.9. The van der Waals surface area contributed by atoms with Crippen LogP contribution in [0.25, 0.3) is 0 Å². The summed E-state index contributed by atoms with van der Waals surface area (Å²) < 4.78 is 18.7. The zero-order valence-corrected chi connectivity index (χ0v) is 36.2. The third-order valence-electron chi connectivity index (χ3n) is 11.5. The summed E-state index contributed by atoms with van der Waals surface area (Å²) in [6.45, 7) is 7.58. The van der Waals surface area contributed by atoms with Gasteiger partial charge in [-0.05, 0) is 88.4 Å². The highest BCUT2D eigenvalue weighted by Crippen LogP contribution is 2.39. The molecule has 5 N–H and O–H groups in total. The van der Waals surface area contributed by atoms with Crippen LogP contribution in [0.15, 0.2) is 66.9 Å². The highest BCUT2D eigenvalue weighted by Gasteiger charge is 2.39. The summed E-state index contributed by atoms with van der Waals surface area (Å²) in [4.78, 5) is 50.1. The first-order chi connectivity index (χ1) is 29.0. The lowest BCUT2D eigenvalue weighted by atomic mass is 10.0. The van der Waals surface area contributed by atoms with Crippen molar-refractivity contribution >= 4 is 76.3 Å². The topological polar surface area (TPSA) is 170 Å². The fourth-order valence-electron chi connectivity index (χ4n) is 8.19. The molecule has 4 heterocycles. The van der Waals surface area contributed by atoms with Gasteiger partial charge in [-0.25, -0.2) is 4.98 Å². The molecule has 7 rings (SSSR count). The molecule has 1 aromatic heterocycles. The number of aromatic nitrogens is 2. The number of amides is 3. The minimum Gasteiger partial charge on any atom is -0.494 e. The molecule has 2 fully saturated rings. The lowest BCUT2D eigenvalue weighted by Gasteiger charge is -2.34. The van der Waals surface area contributed by atoms with Crippen LogP contribution in [0.1, 0.15) is 73.7 Å². The van der Waals surface area contributed by atoms with Crippen molar-refractivity contribution in [1.82, 2.24) is 25.5 Å². The second-order valence-corrected chi connectivity index (χ2v) is 19.6. The number of piperidine rings is 2. The average Bonchev–Trinajstić information content (AvgIpc) is 3.57. The number of para-hydroxylation sites is 1. The molecule has 0 saturated carbocycles. The number of ether oxygens (including phenoxy) is 1. The van der Waals surface area contributed by atoms with E-state index in [-0.39, 0.29) is 24.1 Å².